The van der Waals surface area contributed by atoms with E-state index in [9.17, 15) is 18.6 Å². The summed E-state index contributed by atoms with van der Waals surface area (Å²) in [6.07, 6.45) is 1.21. The van der Waals surface area contributed by atoms with E-state index in [4.69, 9.17) is 0 Å². The number of phenols is 2. The van der Waals surface area contributed by atoms with Crippen LogP contribution in [0, 0.1) is 0 Å². The maximum atomic E-state index is 11.8. The highest BCUT2D eigenvalue weighted by Crippen LogP contribution is 2.29. The topological polar surface area (TPSA) is 86.6 Å². The SMILES string of the molecule is O=S(=O)(C=Cc1cccc(O)c1O)Nc1ccccc1. The Hall–Kier alpha value is -2.47. The molecule has 3 N–H and O–H groups in total. The molecule has 0 aliphatic heterocycles. The van der Waals surface area contributed by atoms with Crippen LogP contribution < -0.4 is 4.72 Å². The van der Waals surface area contributed by atoms with Gasteiger partial charge in [0.25, 0.3) is 10.0 Å². The second kappa shape index (κ2) is 5.66. The van der Waals surface area contributed by atoms with E-state index in [-0.39, 0.29) is 17.1 Å². The molecule has 0 unspecified atom stereocenters. The van der Waals surface area contributed by atoms with E-state index < -0.39 is 10.0 Å². The molecule has 0 aliphatic rings. The second-order valence-electron chi connectivity index (χ2n) is 4.03. The molecule has 0 aromatic heterocycles. The Labute approximate surface area is 116 Å². The number of benzene rings is 2. The van der Waals surface area contributed by atoms with E-state index in [1.54, 1.807) is 30.3 Å². The molecule has 0 saturated carbocycles. The van der Waals surface area contributed by atoms with Crippen LogP contribution in [-0.4, -0.2) is 18.6 Å². The normalized spacial score (nSPS) is 11.6. The van der Waals surface area contributed by atoms with Crippen molar-refractivity contribution in [3.8, 4) is 11.5 Å². The first-order valence-corrected chi connectivity index (χ1v) is 7.29. The number of hydrogen-bond donors (Lipinski definition) is 3. The minimum Gasteiger partial charge on any atom is -0.504 e. The number of nitrogens with one attached hydrogen (secondary N) is 1. The summed E-state index contributed by atoms with van der Waals surface area (Å²) in [5, 5.41) is 19.8. The maximum Gasteiger partial charge on any atom is 0.255 e. The predicted octanol–water partition coefficient (Wildman–Crippen LogP) is 2.51. The number of anilines is 1. The van der Waals surface area contributed by atoms with Crippen molar-refractivity contribution in [1.82, 2.24) is 0 Å². The van der Waals surface area contributed by atoms with E-state index in [2.05, 4.69) is 4.72 Å². The summed E-state index contributed by atoms with van der Waals surface area (Å²) in [4.78, 5) is 0. The van der Waals surface area contributed by atoms with Crippen LogP contribution in [-0.2, 0) is 10.0 Å². The minimum absolute atomic E-state index is 0.212. The monoisotopic (exact) mass is 291 g/mol. The van der Waals surface area contributed by atoms with Crippen molar-refractivity contribution in [3.63, 3.8) is 0 Å². The summed E-state index contributed by atoms with van der Waals surface area (Å²) >= 11 is 0. The number of hydrogen-bond acceptors (Lipinski definition) is 4. The quantitative estimate of drug-likeness (QED) is 0.755. The summed E-state index contributed by atoms with van der Waals surface area (Å²) in [6, 6.07) is 12.7. The number of para-hydroxylation sites is 2. The molecule has 0 spiro atoms. The summed E-state index contributed by atoms with van der Waals surface area (Å²) in [6.45, 7) is 0. The lowest BCUT2D eigenvalue weighted by Crippen LogP contribution is -2.08. The van der Waals surface area contributed by atoms with Gasteiger partial charge in [-0.05, 0) is 24.3 Å². The van der Waals surface area contributed by atoms with Crippen molar-refractivity contribution in [1.29, 1.82) is 0 Å². The number of aromatic hydroxyl groups is 2. The second-order valence-corrected chi connectivity index (χ2v) is 5.60. The Bertz CT molecular complexity index is 724. The minimum atomic E-state index is -3.69. The zero-order valence-corrected chi connectivity index (χ0v) is 11.2. The van der Waals surface area contributed by atoms with Crippen molar-refractivity contribution in [2.45, 2.75) is 0 Å². The molecule has 2 aromatic rings. The van der Waals surface area contributed by atoms with Crippen LogP contribution in [0.1, 0.15) is 5.56 Å². The van der Waals surface area contributed by atoms with Crippen LogP contribution >= 0.6 is 0 Å². The average Bonchev–Trinajstić information content (AvgIpc) is 2.41. The summed E-state index contributed by atoms with van der Waals surface area (Å²) in [7, 11) is -3.69. The number of rotatable bonds is 4. The fraction of sp³-hybridized carbons (Fsp3) is 0. The first-order chi connectivity index (χ1) is 9.48. The van der Waals surface area contributed by atoms with Gasteiger partial charge in [0, 0.05) is 11.3 Å². The Morgan fingerprint density at radius 3 is 2.35 bits per heavy atom. The van der Waals surface area contributed by atoms with Gasteiger partial charge in [0.05, 0.1) is 5.41 Å². The molecule has 20 heavy (non-hydrogen) atoms. The molecule has 5 nitrogen and oxygen atoms in total. The molecule has 0 heterocycles. The fourth-order valence-electron chi connectivity index (χ4n) is 1.55. The highest BCUT2D eigenvalue weighted by molar-refractivity contribution is 7.95. The summed E-state index contributed by atoms with van der Waals surface area (Å²) in [5.41, 5.74) is 0.653. The molecule has 0 atom stereocenters. The molecular formula is C14H13NO4S. The molecule has 2 rings (SSSR count). The van der Waals surface area contributed by atoms with Gasteiger partial charge in [0.2, 0.25) is 0 Å². The number of sulfonamides is 1. The predicted molar refractivity (Wildman–Crippen MR) is 77.8 cm³/mol. The van der Waals surface area contributed by atoms with Crippen molar-refractivity contribution in [3.05, 3.63) is 59.5 Å². The highest BCUT2D eigenvalue weighted by Gasteiger charge is 2.07. The van der Waals surface area contributed by atoms with Crippen LogP contribution in [0.3, 0.4) is 0 Å². The van der Waals surface area contributed by atoms with Gasteiger partial charge in [0.1, 0.15) is 0 Å². The van der Waals surface area contributed by atoms with Gasteiger partial charge >= 0.3 is 0 Å². The van der Waals surface area contributed by atoms with E-state index >= 15 is 0 Å². The fourth-order valence-corrected chi connectivity index (χ4v) is 2.41. The Kier molecular flexibility index (Phi) is 3.95. The van der Waals surface area contributed by atoms with Crippen molar-refractivity contribution in [2.24, 2.45) is 0 Å². The van der Waals surface area contributed by atoms with Gasteiger partial charge in [-0.3, -0.25) is 4.72 Å². The van der Waals surface area contributed by atoms with Crippen molar-refractivity contribution < 1.29 is 18.6 Å². The van der Waals surface area contributed by atoms with Gasteiger partial charge in [-0.2, -0.15) is 0 Å². The summed E-state index contributed by atoms with van der Waals surface area (Å²) in [5.74, 6) is -0.667. The van der Waals surface area contributed by atoms with Gasteiger partial charge in [-0.15, -0.1) is 0 Å². The van der Waals surface area contributed by atoms with Crippen LogP contribution in [0.15, 0.2) is 53.9 Å². The Balaban J connectivity index is 2.20. The van der Waals surface area contributed by atoms with E-state index in [0.29, 0.717) is 5.69 Å². The number of phenolic OH excluding ortho intramolecular Hbond substituents is 2. The third-order valence-electron chi connectivity index (χ3n) is 2.51. The smallest absolute Gasteiger partial charge is 0.255 e. The molecule has 0 saturated heterocycles. The first kappa shape index (κ1) is 14.0. The van der Waals surface area contributed by atoms with E-state index in [1.165, 1.54) is 24.3 Å². The lowest BCUT2D eigenvalue weighted by atomic mass is 10.2. The van der Waals surface area contributed by atoms with Crippen LogP contribution in [0.4, 0.5) is 5.69 Å². The van der Waals surface area contributed by atoms with Crippen LogP contribution in [0.25, 0.3) is 6.08 Å². The average molecular weight is 291 g/mol. The summed E-state index contributed by atoms with van der Waals surface area (Å²) < 4.78 is 26.0. The molecule has 0 amide bonds. The molecule has 0 bridgehead atoms. The molecule has 2 aromatic carbocycles. The maximum absolute atomic E-state index is 11.8. The molecule has 0 radical (unpaired) electrons. The third kappa shape index (κ3) is 3.52. The molecule has 6 heteroatoms. The lowest BCUT2D eigenvalue weighted by molar-refractivity contribution is 0.403. The Morgan fingerprint density at radius 2 is 1.65 bits per heavy atom. The zero-order chi connectivity index (χ0) is 14.6. The van der Waals surface area contributed by atoms with Crippen molar-refractivity contribution in [2.75, 3.05) is 4.72 Å². The zero-order valence-electron chi connectivity index (χ0n) is 10.4. The third-order valence-corrected chi connectivity index (χ3v) is 3.52. The largest absolute Gasteiger partial charge is 0.504 e. The van der Waals surface area contributed by atoms with E-state index in [1.807, 2.05) is 0 Å². The van der Waals surface area contributed by atoms with Gasteiger partial charge in [-0.1, -0.05) is 30.3 Å². The Morgan fingerprint density at radius 1 is 0.950 bits per heavy atom. The molecule has 104 valence electrons. The standard InChI is InChI=1S/C14H13NO4S/c16-13-8-4-5-11(14(13)17)9-10-20(18,19)15-12-6-2-1-3-7-12/h1-10,15-17H. The van der Waals surface area contributed by atoms with Crippen LogP contribution in [0.2, 0.25) is 0 Å². The molecule has 0 fully saturated rings. The molecule has 0 aliphatic carbocycles. The highest BCUT2D eigenvalue weighted by atomic mass is 32.2. The van der Waals surface area contributed by atoms with Gasteiger partial charge < -0.3 is 10.2 Å². The van der Waals surface area contributed by atoms with Crippen molar-refractivity contribution >= 4 is 21.8 Å². The van der Waals surface area contributed by atoms with E-state index in [0.717, 1.165) is 5.41 Å². The first-order valence-electron chi connectivity index (χ1n) is 5.75. The molecular weight excluding hydrogens is 278 g/mol. The lowest BCUT2D eigenvalue weighted by Gasteiger charge is -2.04. The van der Waals surface area contributed by atoms with Crippen LogP contribution in [0.5, 0.6) is 11.5 Å². The van der Waals surface area contributed by atoms with Gasteiger partial charge in [0.15, 0.2) is 11.5 Å². The van der Waals surface area contributed by atoms with Gasteiger partial charge in [-0.25, -0.2) is 8.42 Å².